The number of fused-ring (bicyclic) bond motifs is 2. The number of anilines is 3. The van der Waals surface area contributed by atoms with Crippen molar-refractivity contribution in [3.8, 4) is 22.5 Å². The van der Waals surface area contributed by atoms with Crippen LogP contribution in [0.3, 0.4) is 0 Å². The zero-order valence-electron chi connectivity index (χ0n) is 44.1. The number of pyridine rings is 2. The van der Waals surface area contributed by atoms with E-state index in [0.717, 1.165) is 115 Å². The fourth-order valence-corrected chi connectivity index (χ4v) is 8.59. The van der Waals surface area contributed by atoms with Gasteiger partial charge >= 0.3 is 0 Å². The number of halogens is 1. The van der Waals surface area contributed by atoms with Gasteiger partial charge in [-0.2, -0.15) is 15.0 Å². The second-order valence-corrected chi connectivity index (χ2v) is 17.9. The first-order valence-corrected chi connectivity index (χ1v) is 26.1. The minimum Gasteiger partial charge on any atom is -0.383 e. The molecule has 21 heteroatoms. The van der Waals surface area contributed by atoms with Gasteiger partial charge in [0, 0.05) is 115 Å². The van der Waals surface area contributed by atoms with E-state index in [4.69, 9.17) is 61.5 Å². The third-order valence-electron chi connectivity index (χ3n) is 12.3. The summed E-state index contributed by atoms with van der Waals surface area (Å²) < 4.78 is 32.6. The molecular weight excluding hydrogens is 980 g/mol. The molecule has 10 rings (SSSR count). The van der Waals surface area contributed by atoms with Gasteiger partial charge in [0.15, 0.2) is 22.9 Å². The molecule has 4 saturated heterocycles. The van der Waals surface area contributed by atoms with Gasteiger partial charge in [0.1, 0.15) is 11.6 Å². The summed E-state index contributed by atoms with van der Waals surface area (Å²) in [6.45, 7) is 18.1. The highest BCUT2D eigenvalue weighted by Crippen LogP contribution is 2.34. The van der Waals surface area contributed by atoms with Crippen LogP contribution in [0.15, 0.2) is 72.8 Å². The van der Waals surface area contributed by atoms with E-state index < -0.39 is 5.79 Å². The van der Waals surface area contributed by atoms with Crippen molar-refractivity contribution < 1.29 is 38.0 Å². The minimum absolute atomic E-state index is 0.0498. The van der Waals surface area contributed by atoms with Gasteiger partial charge in [-0.05, 0) is 86.8 Å². The molecule has 0 unspecified atom stereocenters. The summed E-state index contributed by atoms with van der Waals surface area (Å²) in [7, 11) is 3.20. The highest BCUT2D eigenvalue weighted by Gasteiger charge is 2.40. The Bertz CT molecular complexity index is 2740. The van der Waals surface area contributed by atoms with E-state index in [0.29, 0.717) is 69.6 Å². The summed E-state index contributed by atoms with van der Waals surface area (Å²) in [5.74, 6) is 0.291. The molecule has 4 fully saturated rings. The van der Waals surface area contributed by atoms with Crippen LogP contribution >= 0.6 is 11.6 Å². The number of carbonyl (C=O) groups is 2. The molecule has 2 aromatic carbocycles. The van der Waals surface area contributed by atoms with Gasteiger partial charge in [0.2, 0.25) is 11.2 Å². The third-order valence-corrected chi connectivity index (χ3v) is 12.5. The van der Waals surface area contributed by atoms with E-state index in [1.54, 1.807) is 50.5 Å². The van der Waals surface area contributed by atoms with Crippen molar-refractivity contribution >= 4 is 63.1 Å². The molecule has 75 heavy (non-hydrogen) atoms. The van der Waals surface area contributed by atoms with Crippen LogP contribution in [0.4, 0.5) is 17.6 Å². The summed E-state index contributed by atoms with van der Waals surface area (Å²) in [5, 5.41) is 9.89. The van der Waals surface area contributed by atoms with Crippen molar-refractivity contribution in [3.63, 3.8) is 0 Å². The quantitative estimate of drug-likeness (QED) is 0.0633. The van der Waals surface area contributed by atoms with E-state index in [1.165, 1.54) is 0 Å². The molecule has 0 atom stereocenters. The molecule has 6 aromatic rings. The third kappa shape index (κ3) is 16.4. The van der Waals surface area contributed by atoms with Gasteiger partial charge in [-0.15, -0.1) is 0 Å². The molecule has 0 bridgehead atoms. The number of hydrogen-bond donors (Lipinski definition) is 5. The van der Waals surface area contributed by atoms with E-state index >= 15 is 0 Å². The number of amides is 2. The standard InChI is InChI=1S/C22H24N6O3.C15H12ClN5O.C7H13NO2.2C5H12O/c1-24-20(29)15-4-2-3-14(13-15)17-6-5-16-18(23)26-21(27-19(16)25-17)28-9-7-22(8-10-28)30-11-12-31-22;1-18-14(22)9-4-2-3-8(7-9)11-6-5-10-12(17)20-15(16)21-13(10)19-11;1-3-8-4-2-7(1)9-5-6-10-7;2*1-3-5-6-4-2/h2-6,13H,7-12H2,1H3,(H,24,29)(H2,23,25,26,27);2-7H,1H3,(H,18,22)(H2,17,19,20,21);8H,1-6H2;2*3-5H2,1-2H3. The molecule has 20 nitrogen and oxygen atoms in total. The van der Waals surface area contributed by atoms with E-state index in [2.05, 4.69) is 54.6 Å². The maximum atomic E-state index is 12.0. The molecule has 4 aromatic heterocycles. The highest BCUT2D eigenvalue weighted by atomic mass is 35.5. The van der Waals surface area contributed by atoms with E-state index in [1.807, 2.05) is 50.2 Å². The second kappa shape index (κ2) is 29.2. The van der Waals surface area contributed by atoms with Crippen molar-refractivity contribution in [2.24, 2.45) is 0 Å². The Morgan fingerprint density at radius 1 is 0.627 bits per heavy atom. The lowest BCUT2D eigenvalue weighted by Gasteiger charge is -2.37. The fraction of sp³-hybridized carbons (Fsp3) is 0.481. The van der Waals surface area contributed by atoms with Gasteiger partial charge in [-0.25, -0.2) is 15.0 Å². The molecule has 0 aliphatic carbocycles. The Balaban J connectivity index is 0.000000179. The normalized spacial score (nSPS) is 16.1. The monoisotopic (exact) mass is 1050 g/mol. The molecular formula is C54H73ClN12O8. The lowest BCUT2D eigenvalue weighted by molar-refractivity contribution is -0.172. The Labute approximate surface area is 444 Å². The number of nitrogens with zero attached hydrogens (tertiary/aromatic N) is 7. The average molecular weight is 1050 g/mol. The van der Waals surface area contributed by atoms with Gasteiger partial charge in [0.05, 0.1) is 48.6 Å². The Hall–Kier alpha value is -6.23. The number of hydrogen-bond acceptors (Lipinski definition) is 18. The number of nitrogens with one attached hydrogen (secondary N) is 3. The van der Waals surface area contributed by atoms with Crippen LogP contribution < -0.4 is 32.3 Å². The molecule has 4 aliphatic rings. The average Bonchev–Trinajstić information content (AvgIpc) is 4.11. The number of piperidine rings is 2. The van der Waals surface area contributed by atoms with Crippen molar-refractivity contribution in [1.82, 2.24) is 45.9 Å². The number of carbonyl (C=O) groups excluding carboxylic acids is 2. The summed E-state index contributed by atoms with van der Waals surface area (Å²) in [5.41, 5.74) is 17.1. The summed E-state index contributed by atoms with van der Waals surface area (Å²) in [4.78, 5) is 52.1. The van der Waals surface area contributed by atoms with E-state index in [-0.39, 0.29) is 28.7 Å². The van der Waals surface area contributed by atoms with Crippen molar-refractivity contribution in [2.45, 2.75) is 77.8 Å². The fourth-order valence-electron chi connectivity index (χ4n) is 8.42. The number of nitrogen functional groups attached to an aromatic ring is 2. The molecule has 7 N–H and O–H groups in total. The minimum atomic E-state index is -0.458. The first kappa shape index (κ1) is 58.0. The van der Waals surface area contributed by atoms with Crippen molar-refractivity contribution in [2.75, 3.05) is 109 Å². The second-order valence-electron chi connectivity index (χ2n) is 17.6. The van der Waals surface area contributed by atoms with Crippen molar-refractivity contribution in [1.29, 1.82) is 0 Å². The molecule has 404 valence electrons. The van der Waals surface area contributed by atoms with Crippen LogP contribution in [0.1, 0.15) is 86.9 Å². The Morgan fingerprint density at radius 2 is 1.08 bits per heavy atom. The molecule has 8 heterocycles. The molecule has 2 amide bonds. The summed E-state index contributed by atoms with van der Waals surface area (Å²) >= 11 is 5.81. The van der Waals surface area contributed by atoms with Crippen LogP contribution in [0.5, 0.6) is 0 Å². The zero-order valence-corrected chi connectivity index (χ0v) is 44.8. The maximum Gasteiger partial charge on any atom is 0.251 e. The number of nitrogens with two attached hydrogens (primary N) is 2. The van der Waals surface area contributed by atoms with Gasteiger partial charge in [-0.1, -0.05) is 38.1 Å². The zero-order chi connectivity index (χ0) is 53.6. The summed E-state index contributed by atoms with van der Waals surface area (Å²) in [6, 6.07) is 21.8. The molecule has 4 aliphatic heterocycles. The van der Waals surface area contributed by atoms with Crippen LogP contribution in [0.2, 0.25) is 5.28 Å². The number of rotatable bonds is 11. The molecule has 0 saturated carbocycles. The number of aromatic nitrogens is 6. The largest absolute Gasteiger partial charge is 0.383 e. The lowest BCUT2D eigenvalue weighted by Crippen LogP contribution is -2.45. The predicted molar refractivity (Wildman–Crippen MR) is 293 cm³/mol. The number of benzene rings is 2. The van der Waals surface area contributed by atoms with Gasteiger partial charge in [-0.3, -0.25) is 9.59 Å². The SMILES string of the molecule is C1CC2(CCN1)OCCO2.CCCOCC.CCCOCC.CNC(=O)c1cccc(-c2ccc3c(N)nc(Cl)nc3n2)c1.CNC(=O)c1cccc(-c2ccc3c(N)nc(N4CCC5(CC4)OCCO5)nc3n2)c1. The Morgan fingerprint density at radius 3 is 1.52 bits per heavy atom. The highest BCUT2D eigenvalue weighted by molar-refractivity contribution is 6.28. The maximum absolute atomic E-state index is 12.0. The van der Waals surface area contributed by atoms with Crippen LogP contribution in [-0.4, -0.2) is 146 Å². The van der Waals surface area contributed by atoms with Crippen LogP contribution in [-0.2, 0) is 28.4 Å². The molecule has 0 radical (unpaired) electrons. The van der Waals surface area contributed by atoms with Crippen LogP contribution in [0.25, 0.3) is 44.6 Å². The van der Waals surface area contributed by atoms with E-state index in [9.17, 15) is 9.59 Å². The topological polar surface area (TPSA) is 258 Å². The Kier molecular flexibility index (Phi) is 22.6. The summed E-state index contributed by atoms with van der Waals surface area (Å²) in [6.07, 6.45) is 5.80. The predicted octanol–water partition coefficient (Wildman–Crippen LogP) is 7.24. The lowest BCUT2D eigenvalue weighted by atomic mass is 10.0. The molecule has 2 spiro atoms. The smallest absolute Gasteiger partial charge is 0.251 e. The van der Waals surface area contributed by atoms with Gasteiger partial charge in [0.25, 0.3) is 11.8 Å². The number of ether oxygens (including phenoxy) is 6. The first-order chi connectivity index (χ1) is 36.4. The first-order valence-electron chi connectivity index (χ1n) is 25.8. The van der Waals surface area contributed by atoms with Gasteiger partial charge < -0.3 is 60.7 Å². The van der Waals surface area contributed by atoms with Crippen molar-refractivity contribution in [3.05, 3.63) is 89.2 Å². The van der Waals surface area contributed by atoms with Crippen LogP contribution in [0, 0.1) is 0 Å².